The van der Waals surface area contributed by atoms with Crippen molar-refractivity contribution >= 4 is 58.5 Å². The number of halogens is 1. The van der Waals surface area contributed by atoms with E-state index in [4.69, 9.17) is 28.5 Å². The first-order valence-corrected chi connectivity index (χ1v) is 7.69. The number of benzene rings is 1. The third-order valence-corrected chi connectivity index (χ3v) is 4.21. The average molecular weight is 314 g/mol. The first-order valence-electron chi connectivity index (χ1n) is 5.92. The molecular formula is C12H15BClN2OS2. The molecule has 0 spiro atoms. The Labute approximate surface area is 129 Å². The SMILES string of the molecule is CN(C)CCSC(=S)Nc1cc2c(cc1Cl)CO[B]2. The monoisotopic (exact) mass is 313 g/mol. The Morgan fingerprint density at radius 2 is 2.37 bits per heavy atom. The van der Waals surface area contributed by atoms with Gasteiger partial charge in [-0.25, -0.2) is 0 Å². The molecule has 0 saturated carbocycles. The third-order valence-electron chi connectivity index (χ3n) is 2.69. The molecule has 2 rings (SSSR count). The molecule has 3 nitrogen and oxygen atoms in total. The number of hydrogen-bond acceptors (Lipinski definition) is 4. The van der Waals surface area contributed by atoms with E-state index in [1.165, 1.54) is 0 Å². The van der Waals surface area contributed by atoms with E-state index in [0.29, 0.717) is 11.6 Å². The summed E-state index contributed by atoms with van der Waals surface area (Å²) < 4.78 is 6.00. The zero-order valence-corrected chi connectivity index (χ0v) is 13.3. The fraction of sp³-hybridized carbons (Fsp3) is 0.417. The van der Waals surface area contributed by atoms with Crippen molar-refractivity contribution in [3.63, 3.8) is 0 Å². The zero-order chi connectivity index (χ0) is 13.8. The summed E-state index contributed by atoms with van der Waals surface area (Å²) in [6, 6.07) is 3.90. The minimum absolute atomic E-state index is 0.595. The lowest BCUT2D eigenvalue weighted by Crippen LogP contribution is -2.18. The smallest absolute Gasteiger partial charge is 0.330 e. The van der Waals surface area contributed by atoms with Gasteiger partial charge in [-0.1, -0.05) is 35.6 Å². The van der Waals surface area contributed by atoms with Crippen LogP contribution in [0.5, 0.6) is 0 Å². The largest absolute Gasteiger partial charge is 0.430 e. The molecule has 1 N–H and O–H groups in total. The number of thioether (sulfide) groups is 1. The highest BCUT2D eigenvalue weighted by Gasteiger charge is 2.16. The van der Waals surface area contributed by atoms with Gasteiger partial charge in [-0.3, -0.25) is 0 Å². The molecule has 1 radical (unpaired) electrons. The number of anilines is 1. The Morgan fingerprint density at radius 1 is 1.58 bits per heavy atom. The number of thiocarbonyl (C=S) groups is 1. The van der Waals surface area contributed by atoms with Crippen molar-refractivity contribution in [3.05, 3.63) is 22.7 Å². The summed E-state index contributed by atoms with van der Waals surface area (Å²) in [7, 11) is 5.84. The molecule has 1 aromatic carbocycles. The number of nitrogens with one attached hydrogen (secondary N) is 1. The molecule has 101 valence electrons. The van der Waals surface area contributed by atoms with E-state index in [2.05, 4.69) is 10.2 Å². The lowest BCUT2D eigenvalue weighted by molar-refractivity contribution is 0.345. The van der Waals surface area contributed by atoms with Crippen molar-refractivity contribution in [1.82, 2.24) is 4.90 Å². The van der Waals surface area contributed by atoms with Gasteiger partial charge in [-0.2, -0.15) is 0 Å². The Morgan fingerprint density at radius 3 is 3.11 bits per heavy atom. The summed E-state index contributed by atoms with van der Waals surface area (Å²) in [4.78, 5) is 2.13. The van der Waals surface area contributed by atoms with Crippen LogP contribution in [-0.4, -0.2) is 43.1 Å². The van der Waals surface area contributed by atoms with Gasteiger partial charge in [0.05, 0.1) is 17.3 Å². The first-order chi connectivity index (χ1) is 9.06. The van der Waals surface area contributed by atoms with Gasteiger partial charge in [0.2, 0.25) is 0 Å². The van der Waals surface area contributed by atoms with Crippen molar-refractivity contribution < 1.29 is 4.65 Å². The second-order valence-electron chi connectivity index (χ2n) is 4.52. The molecule has 0 bridgehead atoms. The van der Waals surface area contributed by atoms with Crippen molar-refractivity contribution in [1.29, 1.82) is 0 Å². The maximum Gasteiger partial charge on any atom is 0.330 e. The highest BCUT2D eigenvalue weighted by Crippen LogP contribution is 2.25. The van der Waals surface area contributed by atoms with Gasteiger partial charge in [-0.15, -0.1) is 0 Å². The number of nitrogens with zero attached hydrogens (tertiary/aromatic N) is 1. The van der Waals surface area contributed by atoms with Gasteiger partial charge in [0.25, 0.3) is 0 Å². The highest BCUT2D eigenvalue weighted by atomic mass is 35.5. The topological polar surface area (TPSA) is 24.5 Å². The van der Waals surface area contributed by atoms with E-state index in [1.807, 2.05) is 26.2 Å². The van der Waals surface area contributed by atoms with Gasteiger partial charge in [0.1, 0.15) is 4.32 Å². The van der Waals surface area contributed by atoms with Crippen LogP contribution in [0.25, 0.3) is 0 Å². The van der Waals surface area contributed by atoms with Crippen LogP contribution in [0, 0.1) is 0 Å². The van der Waals surface area contributed by atoms with Crippen LogP contribution in [-0.2, 0) is 11.3 Å². The van der Waals surface area contributed by atoms with Crippen molar-refractivity contribution in [2.75, 3.05) is 31.7 Å². The Balaban J connectivity index is 1.93. The third kappa shape index (κ3) is 4.36. The predicted molar refractivity (Wildman–Crippen MR) is 88.9 cm³/mol. The fourth-order valence-corrected chi connectivity index (χ4v) is 3.07. The summed E-state index contributed by atoms with van der Waals surface area (Å²) in [5.41, 5.74) is 3.01. The molecule has 1 heterocycles. The van der Waals surface area contributed by atoms with Crippen LogP contribution in [0.1, 0.15) is 5.56 Å². The summed E-state index contributed by atoms with van der Waals surface area (Å²) in [5, 5.41) is 3.86. The predicted octanol–water partition coefficient (Wildman–Crippen LogP) is 2.11. The Hall–Kier alpha value is -0.265. The number of rotatable bonds is 4. The van der Waals surface area contributed by atoms with Gasteiger partial charge in [0, 0.05) is 12.3 Å². The quantitative estimate of drug-likeness (QED) is 0.678. The van der Waals surface area contributed by atoms with Crippen molar-refractivity contribution in [2.45, 2.75) is 6.61 Å². The van der Waals surface area contributed by atoms with Gasteiger partial charge in [0.15, 0.2) is 0 Å². The molecule has 0 fully saturated rings. The Kier molecular flexibility index (Phi) is 5.53. The van der Waals surface area contributed by atoms with Crippen LogP contribution in [0.3, 0.4) is 0 Å². The molecule has 0 atom stereocenters. The van der Waals surface area contributed by atoms with E-state index in [0.717, 1.165) is 33.3 Å². The second-order valence-corrected chi connectivity index (χ2v) is 6.70. The summed E-state index contributed by atoms with van der Waals surface area (Å²) in [5.74, 6) is 0.955. The molecule has 1 aliphatic heterocycles. The minimum atomic E-state index is 0.595. The average Bonchev–Trinajstić information content (AvgIpc) is 2.76. The molecule has 1 aromatic rings. The van der Waals surface area contributed by atoms with E-state index in [-0.39, 0.29) is 0 Å². The maximum absolute atomic E-state index is 6.23. The second kappa shape index (κ2) is 6.95. The van der Waals surface area contributed by atoms with Crippen molar-refractivity contribution in [3.8, 4) is 0 Å². The van der Waals surface area contributed by atoms with Crippen LogP contribution < -0.4 is 10.8 Å². The molecule has 0 amide bonds. The fourth-order valence-electron chi connectivity index (χ4n) is 1.65. The van der Waals surface area contributed by atoms with E-state index < -0.39 is 0 Å². The summed E-state index contributed by atoms with van der Waals surface area (Å²) in [6.45, 7) is 1.59. The molecule has 1 aliphatic rings. The maximum atomic E-state index is 6.23. The Bertz CT molecular complexity index is 485. The molecule has 0 unspecified atom stereocenters. The normalized spacial score (nSPS) is 13.3. The van der Waals surface area contributed by atoms with Crippen molar-refractivity contribution in [2.24, 2.45) is 0 Å². The lowest BCUT2D eigenvalue weighted by Gasteiger charge is -2.12. The van der Waals surface area contributed by atoms with Crippen LogP contribution in [0.4, 0.5) is 5.69 Å². The molecule has 7 heteroatoms. The van der Waals surface area contributed by atoms with Crippen LogP contribution in [0.2, 0.25) is 5.02 Å². The standard InChI is InChI=1S/C12H15BClN2OS2/c1-16(2)3-4-19-12(18)15-11-6-9-8(5-10(11)14)7-17-13-9/h5-6H,3-4,7H2,1-2H3,(H,15,18). The van der Waals surface area contributed by atoms with E-state index in [9.17, 15) is 0 Å². The first kappa shape index (κ1) is 15.1. The number of fused-ring (bicyclic) bond motifs is 1. The van der Waals surface area contributed by atoms with Crippen LogP contribution >= 0.6 is 35.6 Å². The molecule has 0 aromatic heterocycles. The highest BCUT2D eigenvalue weighted by molar-refractivity contribution is 8.23. The van der Waals surface area contributed by atoms with Gasteiger partial charge >= 0.3 is 7.48 Å². The minimum Gasteiger partial charge on any atom is -0.430 e. The van der Waals surface area contributed by atoms with Gasteiger partial charge < -0.3 is 14.9 Å². The van der Waals surface area contributed by atoms with Crippen LogP contribution in [0.15, 0.2) is 12.1 Å². The van der Waals surface area contributed by atoms with Gasteiger partial charge in [-0.05, 0) is 37.3 Å². The number of hydrogen-bond donors (Lipinski definition) is 1. The van der Waals surface area contributed by atoms with E-state index >= 15 is 0 Å². The molecule has 19 heavy (non-hydrogen) atoms. The summed E-state index contributed by atoms with van der Waals surface area (Å²) >= 11 is 13.2. The van der Waals surface area contributed by atoms with E-state index in [1.54, 1.807) is 19.2 Å². The molecule has 0 aliphatic carbocycles. The molecular weight excluding hydrogens is 299 g/mol. The molecule has 0 saturated heterocycles. The summed E-state index contributed by atoms with van der Waals surface area (Å²) in [6.07, 6.45) is 0. The lowest BCUT2D eigenvalue weighted by atomic mass is 9.87. The zero-order valence-electron chi connectivity index (χ0n) is 10.9.